The van der Waals surface area contributed by atoms with Crippen molar-refractivity contribution >= 4 is 11.6 Å². The van der Waals surface area contributed by atoms with Gasteiger partial charge in [-0.2, -0.15) is 0 Å². The number of aliphatic hydroxyl groups excluding tert-OH is 2. The van der Waals surface area contributed by atoms with Gasteiger partial charge in [0.15, 0.2) is 0 Å². The second-order valence-corrected chi connectivity index (χ2v) is 4.81. The van der Waals surface area contributed by atoms with E-state index in [1.165, 1.54) is 0 Å². The van der Waals surface area contributed by atoms with Crippen LogP contribution in [0.5, 0.6) is 5.75 Å². The summed E-state index contributed by atoms with van der Waals surface area (Å²) in [5.41, 5.74) is 0.714. The van der Waals surface area contributed by atoms with Crippen LogP contribution in [0.15, 0.2) is 18.2 Å². The van der Waals surface area contributed by atoms with Gasteiger partial charge in [-0.1, -0.05) is 17.7 Å². The summed E-state index contributed by atoms with van der Waals surface area (Å²) in [6.07, 6.45) is -1.32. The molecule has 0 fully saturated rings. The van der Waals surface area contributed by atoms with E-state index in [1.807, 2.05) is 0 Å². The lowest BCUT2D eigenvalue weighted by Crippen LogP contribution is -2.24. The van der Waals surface area contributed by atoms with Crippen molar-refractivity contribution in [3.05, 3.63) is 28.8 Å². The number of hydrogen-bond donors (Lipinski definition) is 2. The molecule has 0 saturated carbocycles. The van der Waals surface area contributed by atoms with Gasteiger partial charge < -0.3 is 24.4 Å². The minimum Gasteiger partial charge on any atom is -0.489 e. The monoisotopic (exact) mass is 304 g/mol. The molecule has 0 spiro atoms. The third kappa shape index (κ3) is 6.07. The Bertz CT molecular complexity index is 397. The summed E-state index contributed by atoms with van der Waals surface area (Å²) >= 11 is 6.04. The highest BCUT2D eigenvalue weighted by Crippen LogP contribution is 2.27. The van der Waals surface area contributed by atoms with Crippen LogP contribution in [0.25, 0.3) is 0 Å². The Morgan fingerprint density at radius 1 is 1.20 bits per heavy atom. The molecule has 6 heteroatoms. The molecule has 1 rings (SSSR count). The zero-order chi connectivity index (χ0) is 15.0. The predicted octanol–water partition coefficient (Wildman–Crippen LogP) is 1.80. The Balaban J connectivity index is 2.37. The Hall–Kier alpha value is -0.850. The van der Waals surface area contributed by atoms with E-state index < -0.39 is 12.2 Å². The van der Waals surface area contributed by atoms with Crippen LogP contribution in [0.4, 0.5) is 0 Å². The molecule has 2 N–H and O–H groups in total. The molecule has 5 nitrogen and oxygen atoms in total. The van der Waals surface area contributed by atoms with Gasteiger partial charge in [0.2, 0.25) is 0 Å². The summed E-state index contributed by atoms with van der Waals surface area (Å²) < 4.78 is 15.4. The van der Waals surface area contributed by atoms with Gasteiger partial charge in [-0.05, 0) is 24.6 Å². The zero-order valence-corrected chi connectivity index (χ0v) is 12.5. The van der Waals surface area contributed by atoms with E-state index in [0.29, 0.717) is 29.5 Å². The molecule has 0 aromatic heterocycles. The van der Waals surface area contributed by atoms with Gasteiger partial charge in [0, 0.05) is 7.11 Å². The molecule has 0 amide bonds. The second-order valence-electron chi connectivity index (χ2n) is 4.40. The summed E-state index contributed by atoms with van der Waals surface area (Å²) in [4.78, 5) is 0. The van der Waals surface area contributed by atoms with E-state index >= 15 is 0 Å². The second kappa shape index (κ2) is 9.15. The Labute approximate surface area is 124 Å². The highest BCUT2D eigenvalue weighted by Gasteiger charge is 2.09. The quantitative estimate of drug-likeness (QED) is 0.681. The number of halogens is 1. The van der Waals surface area contributed by atoms with Crippen molar-refractivity contribution in [2.24, 2.45) is 0 Å². The van der Waals surface area contributed by atoms with Crippen LogP contribution < -0.4 is 4.74 Å². The summed E-state index contributed by atoms with van der Waals surface area (Å²) in [5, 5.41) is 19.5. The molecule has 0 aliphatic rings. The fraction of sp³-hybridized carbons (Fsp3) is 0.571. The number of benzene rings is 1. The van der Waals surface area contributed by atoms with E-state index in [4.69, 9.17) is 25.8 Å². The fourth-order valence-electron chi connectivity index (χ4n) is 1.49. The first-order chi connectivity index (χ1) is 9.54. The van der Waals surface area contributed by atoms with Crippen molar-refractivity contribution in [2.45, 2.75) is 19.1 Å². The third-order valence-corrected chi connectivity index (χ3v) is 2.91. The maximum Gasteiger partial charge on any atom is 0.138 e. The molecule has 1 unspecified atom stereocenters. The number of rotatable bonds is 9. The van der Waals surface area contributed by atoms with Crippen LogP contribution in [0.2, 0.25) is 5.02 Å². The highest BCUT2D eigenvalue weighted by atomic mass is 35.5. The van der Waals surface area contributed by atoms with Crippen molar-refractivity contribution in [3.8, 4) is 5.75 Å². The van der Waals surface area contributed by atoms with E-state index in [2.05, 4.69) is 0 Å². The Kier molecular flexibility index (Phi) is 7.87. The zero-order valence-electron chi connectivity index (χ0n) is 11.7. The Morgan fingerprint density at radius 2 is 1.95 bits per heavy atom. The summed E-state index contributed by atoms with van der Waals surface area (Å²) in [7, 11) is 1.59. The van der Waals surface area contributed by atoms with Crippen LogP contribution in [0.1, 0.15) is 18.6 Å². The van der Waals surface area contributed by atoms with Gasteiger partial charge in [-0.3, -0.25) is 0 Å². The predicted molar refractivity (Wildman–Crippen MR) is 76.3 cm³/mol. The lowest BCUT2D eigenvalue weighted by molar-refractivity contribution is -0.00418. The molecular formula is C14H21ClO5. The Morgan fingerprint density at radius 3 is 2.55 bits per heavy atom. The number of aliphatic hydroxyl groups is 2. The van der Waals surface area contributed by atoms with Crippen LogP contribution in [0, 0.1) is 0 Å². The largest absolute Gasteiger partial charge is 0.489 e. The molecule has 0 bridgehead atoms. The molecule has 2 atom stereocenters. The van der Waals surface area contributed by atoms with E-state index in [1.54, 1.807) is 32.2 Å². The first-order valence-electron chi connectivity index (χ1n) is 6.39. The minimum atomic E-state index is -0.737. The molecule has 114 valence electrons. The van der Waals surface area contributed by atoms with Crippen LogP contribution in [-0.4, -0.2) is 49.9 Å². The molecule has 20 heavy (non-hydrogen) atoms. The molecule has 0 heterocycles. The summed E-state index contributed by atoms with van der Waals surface area (Å²) in [6, 6.07) is 5.04. The average Bonchev–Trinajstić information content (AvgIpc) is 2.42. The molecular weight excluding hydrogens is 284 g/mol. The topological polar surface area (TPSA) is 68.2 Å². The van der Waals surface area contributed by atoms with Gasteiger partial charge in [0.1, 0.15) is 18.5 Å². The fourth-order valence-corrected chi connectivity index (χ4v) is 1.73. The maximum atomic E-state index is 9.67. The molecule has 0 radical (unpaired) electrons. The minimum absolute atomic E-state index is 0.0841. The van der Waals surface area contributed by atoms with Gasteiger partial charge >= 0.3 is 0 Å². The molecule has 1 aromatic carbocycles. The number of hydrogen-bond acceptors (Lipinski definition) is 5. The first kappa shape index (κ1) is 17.2. The first-order valence-corrected chi connectivity index (χ1v) is 6.77. The van der Waals surface area contributed by atoms with Gasteiger partial charge in [0.05, 0.1) is 30.9 Å². The maximum absolute atomic E-state index is 9.67. The lowest BCUT2D eigenvalue weighted by atomic mass is 10.1. The van der Waals surface area contributed by atoms with Crippen LogP contribution in [0.3, 0.4) is 0 Å². The van der Waals surface area contributed by atoms with Gasteiger partial charge in [-0.25, -0.2) is 0 Å². The standard InChI is InChI=1S/C14H21ClO5/c1-10(16)11-3-4-14(13(15)7-11)20-9-12(17)8-19-6-5-18-2/h3-4,7,10,12,16-17H,5-6,8-9H2,1-2H3/t10-,12?/m0/s1. The molecule has 1 aromatic rings. The molecule has 0 aliphatic carbocycles. The summed E-state index contributed by atoms with van der Waals surface area (Å²) in [6.45, 7) is 2.83. The molecule has 0 aliphatic heterocycles. The molecule has 0 saturated heterocycles. The number of methoxy groups -OCH3 is 1. The highest BCUT2D eigenvalue weighted by molar-refractivity contribution is 6.32. The van der Waals surface area contributed by atoms with Crippen molar-refractivity contribution in [2.75, 3.05) is 33.5 Å². The van der Waals surface area contributed by atoms with E-state index in [0.717, 1.165) is 0 Å². The summed E-state index contributed by atoms with van der Waals surface area (Å²) in [5.74, 6) is 0.465. The van der Waals surface area contributed by atoms with Crippen molar-refractivity contribution < 1.29 is 24.4 Å². The smallest absolute Gasteiger partial charge is 0.138 e. The van der Waals surface area contributed by atoms with Crippen LogP contribution >= 0.6 is 11.6 Å². The van der Waals surface area contributed by atoms with Crippen LogP contribution in [-0.2, 0) is 9.47 Å². The average molecular weight is 305 g/mol. The lowest BCUT2D eigenvalue weighted by Gasteiger charge is -2.14. The SMILES string of the molecule is COCCOCC(O)COc1ccc([C@H](C)O)cc1Cl. The van der Waals surface area contributed by atoms with E-state index in [9.17, 15) is 10.2 Å². The van der Waals surface area contributed by atoms with Gasteiger partial charge in [-0.15, -0.1) is 0 Å². The van der Waals surface area contributed by atoms with Crippen molar-refractivity contribution in [1.29, 1.82) is 0 Å². The van der Waals surface area contributed by atoms with Gasteiger partial charge in [0.25, 0.3) is 0 Å². The van der Waals surface area contributed by atoms with Crippen molar-refractivity contribution in [3.63, 3.8) is 0 Å². The van der Waals surface area contributed by atoms with Crippen molar-refractivity contribution in [1.82, 2.24) is 0 Å². The normalized spacial score (nSPS) is 14.1. The number of ether oxygens (including phenoxy) is 3. The van der Waals surface area contributed by atoms with E-state index in [-0.39, 0.29) is 13.2 Å². The third-order valence-electron chi connectivity index (χ3n) is 2.61.